The van der Waals surface area contributed by atoms with Gasteiger partial charge < -0.3 is 5.32 Å². The molecule has 2 fully saturated rings. The molecule has 0 unspecified atom stereocenters. The fraction of sp³-hybridized carbons (Fsp3) is 1.00. The normalized spacial score (nSPS) is 26.2. The largest absolute Gasteiger partial charge is 0.316 e. The summed E-state index contributed by atoms with van der Waals surface area (Å²) in [5, 5.41) is 3.53. The second-order valence-electron chi connectivity index (χ2n) is 5.76. The summed E-state index contributed by atoms with van der Waals surface area (Å²) in [5.41, 5.74) is 0.732. The SMILES string of the molecule is CCCCCC1(C2CCCCC2)CNC1. The predicted octanol–water partition coefficient (Wildman–Crippen LogP) is 3.74. The van der Waals surface area contributed by atoms with Crippen LogP contribution in [0.4, 0.5) is 0 Å². The van der Waals surface area contributed by atoms with Crippen molar-refractivity contribution in [3.8, 4) is 0 Å². The van der Waals surface area contributed by atoms with E-state index >= 15 is 0 Å². The van der Waals surface area contributed by atoms with Gasteiger partial charge in [-0.25, -0.2) is 0 Å². The average Bonchev–Trinajstić information content (AvgIpc) is 2.23. The maximum atomic E-state index is 3.53. The van der Waals surface area contributed by atoms with Crippen LogP contribution in [0.15, 0.2) is 0 Å². The zero-order chi connectivity index (χ0) is 10.6. The first kappa shape index (κ1) is 11.4. The molecule has 1 aliphatic carbocycles. The predicted molar refractivity (Wildman–Crippen MR) is 66.0 cm³/mol. The van der Waals surface area contributed by atoms with E-state index in [1.54, 1.807) is 0 Å². The number of unbranched alkanes of at least 4 members (excludes halogenated alkanes) is 2. The highest BCUT2D eigenvalue weighted by atomic mass is 15.0. The van der Waals surface area contributed by atoms with Gasteiger partial charge in [0.25, 0.3) is 0 Å². The monoisotopic (exact) mass is 209 g/mol. The Morgan fingerprint density at radius 2 is 1.80 bits per heavy atom. The van der Waals surface area contributed by atoms with Crippen LogP contribution < -0.4 is 5.32 Å². The number of rotatable bonds is 5. The Kier molecular flexibility index (Phi) is 4.07. The van der Waals surface area contributed by atoms with Crippen LogP contribution in [-0.2, 0) is 0 Å². The van der Waals surface area contributed by atoms with E-state index in [1.807, 2.05) is 0 Å². The van der Waals surface area contributed by atoms with E-state index in [2.05, 4.69) is 12.2 Å². The van der Waals surface area contributed by atoms with Gasteiger partial charge in [-0.1, -0.05) is 45.4 Å². The van der Waals surface area contributed by atoms with Crippen LogP contribution in [0.1, 0.15) is 64.7 Å². The van der Waals surface area contributed by atoms with Crippen LogP contribution in [0.2, 0.25) is 0 Å². The molecule has 0 aromatic carbocycles. The molecule has 2 aliphatic rings. The summed E-state index contributed by atoms with van der Waals surface area (Å²) in [6, 6.07) is 0. The van der Waals surface area contributed by atoms with Crippen LogP contribution in [0.25, 0.3) is 0 Å². The van der Waals surface area contributed by atoms with Crippen LogP contribution in [0.3, 0.4) is 0 Å². The molecule has 0 spiro atoms. The van der Waals surface area contributed by atoms with Gasteiger partial charge in [0.15, 0.2) is 0 Å². The lowest BCUT2D eigenvalue weighted by Crippen LogP contribution is -2.57. The fourth-order valence-corrected chi connectivity index (χ4v) is 3.56. The topological polar surface area (TPSA) is 12.0 Å². The van der Waals surface area contributed by atoms with Crippen molar-refractivity contribution < 1.29 is 0 Å². The van der Waals surface area contributed by atoms with Crippen LogP contribution in [-0.4, -0.2) is 13.1 Å². The van der Waals surface area contributed by atoms with Crippen molar-refractivity contribution in [2.75, 3.05) is 13.1 Å². The maximum absolute atomic E-state index is 3.53. The first-order valence-corrected chi connectivity index (χ1v) is 7.08. The van der Waals surface area contributed by atoms with Crippen LogP contribution >= 0.6 is 0 Å². The Hall–Kier alpha value is -0.0400. The summed E-state index contributed by atoms with van der Waals surface area (Å²) >= 11 is 0. The van der Waals surface area contributed by atoms with Crippen LogP contribution in [0, 0.1) is 11.3 Å². The molecule has 1 heteroatoms. The molecular formula is C14H27N. The first-order valence-electron chi connectivity index (χ1n) is 7.08. The Morgan fingerprint density at radius 1 is 1.07 bits per heavy atom. The van der Waals surface area contributed by atoms with E-state index in [0.29, 0.717) is 0 Å². The molecule has 1 N–H and O–H groups in total. The van der Waals surface area contributed by atoms with Gasteiger partial charge in [0.05, 0.1) is 0 Å². The Balaban J connectivity index is 1.83. The molecule has 0 amide bonds. The molecule has 0 bridgehead atoms. The molecule has 0 atom stereocenters. The quantitative estimate of drug-likeness (QED) is 0.680. The lowest BCUT2D eigenvalue weighted by Gasteiger charge is -2.50. The van der Waals surface area contributed by atoms with E-state index in [-0.39, 0.29) is 0 Å². The lowest BCUT2D eigenvalue weighted by atomic mass is 9.63. The third-order valence-electron chi connectivity index (χ3n) is 4.70. The minimum absolute atomic E-state index is 0.732. The Morgan fingerprint density at radius 3 is 2.33 bits per heavy atom. The standard InChI is InChI=1S/C14H27N/c1-2-3-7-10-14(11-15-12-14)13-8-5-4-6-9-13/h13,15H,2-12H2,1H3. The smallest absolute Gasteiger partial charge is 0.00229 e. The Bertz CT molecular complexity index is 178. The highest BCUT2D eigenvalue weighted by molar-refractivity contribution is 4.97. The number of hydrogen-bond donors (Lipinski definition) is 1. The van der Waals surface area contributed by atoms with Gasteiger partial charge in [0.1, 0.15) is 0 Å². The number of hydrogen-bond acceptors (Lipinski definition) is 1. The molecule has 1 nitrogen and oxygen atoms in total. The molecule has 2 rings (SSSR count). The van der Waals surface area contributed by atoms with Gasteiger partial charge in [-0.05, 0) is 30.6 Å². The molecule has 0 radical (unpaired) electrons. The van der Waals surface area contributed by atoms with Gasteiger partial charge >= 0.3 is 0 Å². The molecule has 0 aromatic heterocycles. The van der Waals surface area contributed by atoms with E-state index in [9.17, 15) is 0 Å². The second-order valence-corrected chi connectivity index (χ2v) is 5.76. The van der Waals surface area contributed by atoms with Gasteiger partial charge in [-0.3, -0.25) is 0 Å². The third kappa shape index (κ3) is 2.55. The average molecular weight is 209 g/mol. The van der Waals surface area contributed by atoms with Crippen LogP contribution in [0.5, 0.6) is 0 Å². The highest BCUT2D eigenvalue weighted by Crippen LogP contribution is 2.44. The van der Waals surface area contributed by atoms with Gasteiger partial charge in [0, 0.05) is 13.1 Å². The lowest BCUT2D eigenvalue weighted by molar-refractivity contribution is 0.0398. The molecular weight excluding hydrogens is 182 g/mol. The number of nitrogens with one attached hydrogen (secondary N) is 1. The zero-order valence-electron chi connectivity index (χ0n) is 10.4. The minimum atomic E-state index is 0.732. The van der Waals surface area contributed by atoms with Gasteiger partial charge in [-0.2, -0.15) is 0 Å². The minimum Gasteiger partial charge on any atom is -0.316 e. The summed E-state index contributed by atoms with van der Waals surface area (Å²) in [6.45, 7) is 4.95. The summed E-state index contributed by atoms with van der Waals surface area (Å²) in [6.07, 6.45) is 13.3. The second kappa shape index (κ2) is 5.34. The third-order valence-corrected chi connectivity index (χ3v) is 4.70. The highest BCUT2D eigenvalue weighted by Gasteiger charge is 2.43. The molecule has 1 aliphatic heterocycles. The summed E-state index contributed by atoms with van der Waals surface area (Å²) in [5.74, 6) is 1.06. The summed E-state index contributed by atoms with van der Waals surface area (Å²) in [4.78, 5) is 0. The molecule has 0 aromatic rings. The maximum Gasteiger partial charge on any atom is 0.00229 e. The van der Waals surface area contributed by atoms with E-state index in [1.165, 1.54) is 70.9 Å². The van der Waals surface area contributed by atoms with Gasteiger partial charge in [0.2, 0.25) is 0 Å². The summed E-state index contributed by atoms with van der Waals surface area (Å²) < 4.78 is 0. The van der Waals surface area contributed by atoms with Crippen molar-refractivity contribution >= 4 is 0 Å². The van der Waals surface area contributed by atoms with Crippen molar-refractivity contribution in [2.24, 2.45) is 11.3 Å². The van der Waals surface area contributed by atoms with Crippen molar-refractivity contribution in [3.63, 3.8) is 0 Å². The van der Waals surface area contributed by atoms with Crippen molar-refractivity contribution in [2.45, 2.75) is 64.7 Å². The van der Waals surface area contributed by atoms with Crippen molar-refractivity contribution in [3.05, 3.63) is 0 Å². The molecule has 1 saturated heterocycles. The summed E-state index contributed by atoms with van der Waals surface area (Å²) in [7, 11) is 0. The van der Waals surface area contributed by atoms with E-state index < -0.39 is 0 Å². The van der Waals surface area contributed by atoms with E-state index in [0.717, 1.165) is 11.3 Å². The van der Waals surface area contributed by atoms with Crippen molar-refractivity contribution in [1.29, 1.82) is 0 Å². The Labute approximate surface area is 95.0 Å². The zero-order valence-corrected chi connectivity index (χ0v) is 10.4. The molecule has 1 heterocycles. The van der Waals surface area contributed by atoms with Crippen molar-refractivity contribution in [1.82, 2.24) is 5.32 Å². The molecule has 88 valence electrons. The fourth-order valence-electron chi connectivity index (χ4n) is 3.56. The van der Waals surface area contributed by atoms with E-state index in [4.69, 9.17) is 0 Å². The molecule has 1 saturated carbocycles. The first-order chi connectivity index (χ1) is 7.37. The molecule has 15 heavy (non-hydrogen) atoms. The van der Waals surface area contributed by atoms with Gasteiger partial charge in [-0.15, -0.1) is 0 Å².